The van der Waals surface area contributed by atoms with Crippen molar-refractivity contribution in [3.8, 4) is 0 Å². The van der Waals surface area contributed by atoms with Crippen LogP contribution in [0.2, 0.25) is 0 Å². The van der Waals surface area contributed by atoms with Gasteiger partial charge in [-0.3, -0.25) is 0 Å². The zero-order valence-corrected chi connectivity index (χ0v) is 17.3. The molecule has 0 aromatic carbocycles. The maximum absolute atomic E-state index is 9.08. The van der Waals surface area contributed by atoms with Crippen LogP contribution >= 0.6 is 0 Å². The number of rotatable bonds is 9. The van der Waals surface area contributed by atoms with Crippen molar-refractivity contribution >= 4 is 0 Å². The highest BCUT2D eigenvalue weighted by molar-refractivity contribution is 5.00. The molecule has 0 aliphatic carbocycles. The number of aliphatic hydroxyl groups excluding tert-OH is 1. The van der Waals surface area contributed by atoms with E-state index in [-0.39, 0.29) is 30.5 Å². The summed E-state index contributed by atoms with van der Waals surface area (Å²) in [7, 11) is 0. The fraction of sp³-hybridized carbons (Fsp3) is 0.905. The van der Waals surface area contributed by atoms with Crippen molar-refractivity contribution in [1.29, 1.82) is 0 Å². The SMILES string of the molecule is CCCCO[C@H]1CC[C@@](C)([C@H]2COC(C)(C)O2)O[C@@H]1CC/C(C)=C/CO. The normalized spacial score (nSPS) is 35.0. The molecule has 0 radical (unpaired) electrons. The van der Waals surface area contributed by atoms with Gasteiger partial charge >= 0.3 is 0 Å². The van der Waals surface area contributed by atoms with Gasteiger partial charge in [-0.15, -0.1) is 0 Å². The van der Waals surface area contributed by atoms with Gasteiger partial charge in [-0.05, 0) is 59.8 Å². The van der Waals surface area contributed by atoms with Crippen LogP contribution in [0.5, 0.6) is 0 Å². The van der Waals surface area contributed by atoms with Crippen molar-refractivity contribution in [2.75, 3.05) is 19.8 Å². The molecule has 0 bridgehead atoms. The lowest BCUT2D eigenvalue weighted by atomic mass is 9.85. The highest BCUT2D eigenvalue weighted by atomic mass is 16.8. The molecular formula is C21H38O5. The van der Waals surface area contributed by atoms with E-state index in [1.54, 1.807) is 0 Å². The van der Waals surface area contributed by atoms with E-state index in [0.29, 0.717) is 6.61 Å². The summed E-state index contributed by atoms with van der Waals surface area (Å²) in [5.74, 6) is -0.540. The molecule has 2 saturated heterocycles. The molecule has 0 aromatic rings. The highest BCUT2D eigenvalue weighted by Crippen LogP contribution is 2.40. The molecule has 2 aliphatic rings. The van der Waals surface area contributed by atoms with E-state index in [4.69, 9.17) is 24.1 Å². The van der Waals surface area contributed by atoms with E-state index in [2.05, 4.69) is 20.8 Å². The molecule has 0 amide bonds. The third-order valence-corrected chi connectivity index (χ3v) is 5.54. The first kappa shape index (κ1) is 21.8. The Balaban J connectivity index is 2.01. The van der Waals surface area contributed by atoms with Crippen LogP contribution < -0.4 is 0 Å². The lowest BCUT2D eigenvalue weighted by molar-refractivity contribution is -0.233. The van der Waals surface area contributed by atoms with Gasteiger partial charge in [0.05, 0.1) is 31.0 Å². The minimum atomic E-state index is -0.540. The van der Waals surface area contributed by atoms with Crippen LogP contribution in [-0.2, 0) is 18.9 Å². The van der Waals surface area contributed by atoms with E-state index in [1.165, 1.54) is 5.57 Å². The third kappa shape index (κ3) is 6.03. The summed E-state index contributed by atoms with van der Waals surface area (Å²) in [6.45, 7) is 11.7. The Kier molecular flexibility index (Phi) is 8.10. The topological polar surface area (TPSA) is 57.2 Å². The van der Waals surface area contributed by atoms with E-state index in [0.717, 1.165) is 45.1 Å². The molecule has 0 aromatic heterocycles. The van der Waals surface area contributed by atoms with E-state index in [9.17, 15) is 0 Å². The van der Waals surface area contributed by atoms with E-state index < -0.39 is 5.79 Å². The zero-order valence-electron chi connectivity index (χ0n) is 17.3. The van der Waals surface area contributed by atoms with Crippen molar-refractivity contribution in [3.63, 3.8) is 0 Å². The van der Waals surface area contributed by atoms with Gasteiger partial charge in [-0.1, -0.05) is 25.0 Å². The summed E-state index contributed by atoms with van der Waals surface area (Å²) >= 11 is 0. The van der Waals surface area contributed by atoms with Gasteiger partial charge in [0, 0.05) is 6.61 Å². The van der Waals surface area contributed by atoms with Gasteiger partial charge in [-0.2, -0.15) is 0 Å². The number of ether oxygens (including phenoxy) is 4. The van der Waals surface area contributed by atoms with E-state index in [1.807, 2.05) is 19.9 Å². The van der Waals surface area contributed by atoms with Gasteiger partial charge in [0.15, 0.2) is 5.79 Å². The van der Waals surface area contributed by atoms with Crippen LogP contribution in [0.4, 0.5) is 0 Å². The predicted molar refractivity (Wildman–Crippen MR) is 102 cm³/mol. The van der Waals surface area contributed by atoms with Crippen LogP contribution in [0.3, 0.4) is 0 Å². The van der Waals surface area contributed by atoms with Gasteiger partial charge in [0.1, 0.15) is 6.10 Å². The van der Waals surface area contributed by atoms with Crippen LogP contribution in [-0.4, -0.2) is 54.6 Å². The number of hydrogen-bond donors (Lipinski definition) is 1. The molecular weight excluding hydrogens is 332 g/mol. The molecule has 4 atom stereocenters. The average Bonchev–Trinajstić information content (AvgIpc) is 2.96. The molecule has 2 fully saturated rings. The molecule has 0 saturated carbocycles. The second-order valence-electron chi connectivity index (χ2n) is 8.36. The standard InChI is InChI=1S/C21H38O5/c1-6-7-14-23-17-10-12-21(5,19-15-24-20(3,4)26-19)25-18(17)9-8-16(2)11-13-22/h11,17-19,22H,6-10,12-15H2,1-5H3/b16-11+/t17-,18+,19+,21-/m0/s1. The van der Waals surface area contributed by atoms with Crippen molar-refractivity contribution in [2.45, 2.75) is 103 Å². The fourth-order valence-electron chi connectivity index (χ4n) is 3.76. The molecule has 2 rings (SSSR count). The molecule has 26 heavy (non-hydrogen) atoms. The third-order valence-electron chi connectivity index (χ3n) is 5.54. The smallest absolute Gasteiger partial charge is 0.163 e. The Hall–Kier alpha value is -0.460. The summed E-state index contributed by atoms with van der Waals surface area (Å²) in [6, 6.07) is 0. The maximum Gasteiger partial charge on any atom is 0.163 e. The Bertz CT molecular complexity index is 461. The molecule has 2 heterocycles. The van der Waals surface area contributed by atoms with Crippen molar-refractivity contribution < 1.29 is 24.1 Å². The summed E-state index contributed by atoms with van der Waals surface area (Å²) < 4.78 is 24.6. The Labute approximate surface area is 159 Å². The Morgan fingerprint density at radius 3 is 2.65 bits per heavy atom. The first-order chi connectivity index (χ1) is 12.3. The highest BCUT2D eigenvalue weighted by Gasteiger charge is 2.49. The van der Waals surface area contributed by atoms with Crippen LogP contribution in [0, 0.1) is 0 Å². The summed E-state index contributed by atoms with van der Waals surface area (Å²) in [5.41, 5.74) is 0.842. The second kappa shape index (κ2) is 9.65. The van der Waals surface area contributed by atoms with Gasteiger partial charge in [0.2, 0.25) is 0 Å². The Morgan fingerprint density at radius 2 is 2.04 bits per heavy atom. The molecule has 0 unspecified atom stereocenters. The summed E-state index contributed by atoms with van der Waals surface area (Å²) in [5, 5.41) is 9.08. The minimum absolute atomic E-state index is 0.0416. The van der Waals surface area contributed by atoms with Gasteiger partial charge in [0.25, 0.3) is 0 Å². The average molecular weight is 371 g/mol. The number of hydrogen-bond acceptors (Lipinski definition) is 5. The van der Waals surface area contributed by atoms with Crippen LogP contribution in [0.25, 0.3) is 0 Å². The molecule has 5 nitrogen and oxygen atoms in total. The number of unbranched alkanes of at least 4 members (excludes halogenated alkanes) is 1. The van der Waals surface area contributed by atoms with E-state index >= 15 is 0 Å². The second-order valence-corrected chi connectivity index (χ2v) is 8.36. The lowest BCUT2D eigenvalue weighted by Gasteiger charge is -2.45. The maximum atomic E-state index is 9.08. The quantitative estimate of drug-likeness (QED) is 0.491. The van der Waals surface area contributed by atoms with Crippen LogP contribution in [0.1, 0.15) is 73.1 Å². The number of allylic oxidation sites excluding steroid dienone is 1. The molecule has 5 heteroatoms. The van der Waals surface area contributed by atoms with Crippen LogP contribution in [0.15, 0.2) is 11.6 Å². The van der Waals surface area contributed by atoms with Gasteiger partial charge < -0.3 is 24.1 Å². The lowest BCUT2D eigenvalue weighted by Crippen LogP contribution is -2.54. The van der Waals surface area contributed by atoms with Gasteiger partial charge in [-0.25, -0.2) is 0 Å². The first-order valence-corrected chi connectivity index (χ1v) is 10.2. The molecule has 2 aliphatic heterocycles. The minimum Gasteiger partial charge on any atom is -0.392 e. The Morgan fingerprint density at radius 1 is 1.27 bits per heavy atom. The zero-order chi connectivity index (χ0) is 19.2. The first-order valence-electron chi connectivity index (χ1n) is 10.2. The van der Waals surface area contributed by atoms with Crippen molar-refractivity contribution in [1.82, 2.24) is 0 Å². The molecule has 152 valence electrons. The number of aliphatic hydroxyl groups is 1. The van der Waals surface area contributed by atoms with Crippen molar-refractivity contribution in [2.24, 2.45) is 0 Å². The monoisotopic (exact) mass is 370 g/mol. The predicted octanol–water partition coefficient (Wildman–Crippen LogP) is 3.98. The molecule has 0 spiro atoms. The largest absolute Gasteiger partial charge is 0.392 e. The fourth-order valence-corrected chi connectivity index (χ4v) is 3.76. The molecule has 1 N–H and O–H groups in total. The van der Waals surface area contributed by atoms with Crippen molar-refractivity contribution in [3.05, 3.63) is 11.6 Å². The summed E-state index contributed by atoms with van der Waals surface area (Å²) in [6.07, 6.45) is 7.90. The summed E-state index contributed by atoms with van der Waals surface area (Å²) in [4.78, 5) is 0.